The van der Waals surface area contributed by atoms with Gasteiger partial charge in [0.1, 0.15) is 12.7 Å². The number of ether oxygens (including phenoxy) is 4. The summed E-state index contributed by atoms with van der Waals surface area (Å²) in [6, 6.07) is 1.32. The Labute approximate surface area is 210 Å². The molecule has 0 aromatic carbocycles. The highest BCUT2D eigenvalue weighted by molar-refractivity contribution is 5.71. The maximum atomic E-state index is 12.6. The molecule has 0 unspecified atom stereocenters. The smallest absolute Gasteiger partial charge is 0.351 e. The fraction of sp³-hybridized carbons (Fsp3) is 0.708. The van der Waals surface area contributed by atoms with Crippen LogP contribution in [0.5, 0.6) is 0 Å². The van der Waals surface area contributed by atoms with Crippen LogP contribution in [-0.4, -0.2) is 57.6 Å². The molecule has 12 nitrogen and oxygen atoms in total. The Kier molecular flexibility index (Phi) is 12.3. The van der Waals surface area contributed by atoms with Gasteiger partial charge in [0.2, 0.25) is 0 Å². The molecule has 0 bridgehead atoms. The zero-order valence-electron chi connectivity index (χ0n) is 21.1. The molecule has 0 amide bonds. The Hall–Kier alpha value is -2.99. The predicted molar refractivity (Wildman–Crippen MR) is 127 cm³/mol. The maximum Gasteiger partial charge on any atom is 0.351 e. The number of aromatic nitrogens is 2. The first-order valence-electron chi connectivity index (χ1n) is 12.5. The van der Waals surface area contributed by atoms with E-state index in [0.29, 0.717) is 19.3 Å². The van der Waals surface area contributed by atoms with Crippen molar-refractivity contribution in [2.45, 2.75) is 103 Å². The first-order valence-corrected chi connectivity index (χ1v) is 12.5. The summed E-state index contributed by atoms with van der Waals surface area (Å²) in [5.74, 6) is -1.59. The predicted octanol–water partition coefficient (Wildman–Crippen LogP) is 2.88. The summed E-state index contributed by atoms with van der Waals surface area (Å²) in [6.45, 7) is 5.55. The summed E-state index contributed by atoms with van der Waals surface area (Å²) < 4.78 is 23.8. The molecule has 2 rings (SSSR count). The highest BCUT2D eigenvalue weighted by atomic mass is 16.7. The van der Waals surface area contributed by atoms with Gasteiger partial charge in [-0.25, -0.2) is 4.79 Å². The van der Waals surface area contributed by atoms with Crippen LogP contribution in [0.1, 0.15) is 84.8 Å². The first-order chi connectivity index (χ1) is 17.3. The molecule has 1 aliphatic heterocycles. The van der Waals surface area contributed by atoms with Gasteiger partial charge >= 0.3 is 23.6 Å². The molecule has 2 heterocycles. The largest absolute Gasteiger partial charge is 0.463 e. The lowest BCUT2D eigenvalue weighted by Gasteiger charge is -2.25. The van der Waals surface area contributed by atoms with Gasteiger partial charge < -0.3 is 18.9 Å². The SMILES string of the molecule is CCCCC(=O)OC[C@H]1O[C@@H](n2ccc(NO)nc2=O)[C@H](OC(=O)CCCC)[C@@H]1OC(=O)CCCC. The molecule has 0 aliphatic carbocycles. The molecule has 4 atom stereocenters. The van der Waals surface area contributed by atoms with Crippen molar-refractivity contribution in [2.75, 3.05) is 12.1 Å². The molecular formula is C24H37N3O9. The fourth-order valence-electron chi connectivity index (χ4n) is 3.63. The number of hydrogen-bond donors (Lipinski definition) is 2. The van der Waals surface area contributed by atoms with Crippen molar-refractivity contribution in [1.82, 2.24) is 9.55 Å². The Morgan fingerprint density at radius 3 is 2.06 bits per heavy atom. The van der Waals surface area contributed by atoms with Gasteiger partial charge in [0.25, 0.3) is 0 Å². The molecule has 1 aromatic rings. The summed E-state index contributed by atoms with van der Waals surface area (Å²) in [4.78, 5) is 53.5. The number of hydrogen-bond acceptors (Lipinski definition) is 11. The summed E-state index contributed by atoms with van der Waals surface area (Å²) in [5.41, 5.74) is 0.987. The normalized spacial score (nSPS) is 21.1. The molecule has 1 aromatic heterocycles. The zero-order chi connectivity index (χ0) is 26.5. The molecule has 0 saturated carbocycles. The van der Waals surface area contributed by atoms with Crippen molar-refractivity contribution >= 4 is 23.7 Å². The molecule has 0 radical (unpaired) electrons. The van der Waals surface area contributed by atoms with Gasteiger partial charge in [-0.3, -0.25) is 29.6 Å². The third-order valence-electron chi connectivity index (χ3n) is 5.65. The van der Waals surface area contributed by atoms with E-state index in [-0.39, 0.29) is 31.7 Å². The van der Waals surface area contributed by atoms with E-state index >= 15 is 0 Å². The van der Waals surface area contributed by atoms with Crippen LogP contribution in [0, 0.1) is 0 Å². The second-order valence-corrected chi connectivity index (χ2v) is 8.58. The van der Waals surface area contributed by atoms with Crippen LogP contribution in [0.25, 0.3) is 0 Å². The number of carbonyl (C=O) groups is 3. The van der Waals surface area contributed by atoms with E-state index in [1.54, 1.807) is 5.48 Å². The number of anilines is 1. The van der Waals surface area contributed by atoms with E-state index in [2.05, 4.69) is 4.98 Å². The van der Waals surface area contributed by atoms with Crippen molar-refractivity contribution in [3.8, 4) is 0 Å². The Balaban J connectivity index is 2.36. The zero-order valence-corrected chi connectivity index (χ0v) is 21.1. The lowest BCUT2D eigenvalue weighted by Crippen LogP contribution is -2.42. The number of nitrogens with one attached hydrogen (secondary N) is 1. The van der Waals surface area contributed by atoms with Crippen molar-refractivity contribution in [3.63, 3.8) is 0 Å². The number of nitrogens with zero attached hydrogens (tertiary/aromatic N) is 2. The highest BCUT2D eigenvalue weighted by Gasteiger charge is 2.51. The Morgan fingerprint density at radius 2 is 1.53 bits per heavy atom. The number of esters is 3. The van der Waals surface area contributed by atoms with Crippen LogP contribution in [0.3, 0.4) is 0 Å². The molecule has 1 fully saturated rings. The minimum Gasteiger partial charge on any atom is -0.463 e. The second kappa shape index (κ2) is 15.2. The number of rotatable bonds is 15. The van der Waals surface area contributed by atoms with Crippen molar-refractivity contribution in [1.29, 1.82) is 0 Å². The van der Waals surface area contributed by atoms with E-state index in [9.17, 15) is 19.2 Å². The molecule has 202 valence electrons. The van der Waals surface area contributed by atoms with E-state index in [1.165, 1.54) is 12.3 Å². The lowest BCUT2D eigenvalue weighted by atomic mass is 10.1. The second-order valence-electron chi connectivity index (χ2n) is 8.58. The molecule has 1 saturated heterocycles. The molecule has 0 spiro atoms. The highest BCUT2D eigenvalue weighted by Crippen LogP contribution is 2.34. The van der Waals surface area contributed by atoms with Crippen molar-refractivity contribution in [2.24, 2.45) is 0 Å². The van der Waals surface area contributed by atoms with Gasteiger partial charge in [-0.1, -0.05) is 40.0 Å². The monoisotopic (exact) mass is 511 g/mol. The van der Waals surface area contributed by atoms with E-state index < -0.39 is 48.1 Å². The summed E-state index contributed by atoms with van der Waals surface area (Å²) in [7, 11) is 0. The van der Waals surface area contributed by atoms with E-state index in [0.717, 1.165) is 23.8 Å². The van der Waals surface area contributed by atoms with Gasteiger partial charge in [0.05, 0.1) is 0 Å². The van der Waals surface area contributed by atoms with Crippen molar-refractivity contribution in [3.05, 3.63) is 22.7 Å². The maximum absolute atomic E-state index is 12.6. The summed E-state index contributed by atoms with van der Waals surface area (Å²) in [5, 5.41) is 9.04. The number of carbonyl (C=O) groups excluding carboxylic acids is 3. The van der Waals surface area contributed by atoms with Crippen LogP contribution in [-0.2, 0) is 33.3 Å². The van der Waals surface area contributed by atoms with Gasteiger partial charge in [0, 0.05) is 25.5 Å². The molecule has 12 heteroatoms. The first kappa shape index (κ1) is 29.2. The Bertz CT molecular complexity index is 920. The molecular weight excluding hydrogens is 474 g/mol. The van der Waals surface area contributed by atoms with Crippen LogP contribution < -0.4 is 11.2 Å². The average Bonchev–Trinajstić information content (AvgIpc) is 3.19. The van der Waals surface area contributed by atoms with Gasteiger partial charge in [0.15, 0.2) is 24.3 Å². The summed E-state index contributed by atoms with van der Waals surface area (Å²) >= 11 is 0. The topological polar surface area (TPSA) is 155 Å². The average molecular weight is 512 g/mol. The van der Waals surface area contributed by atoms with Crippen LogP contribution in [0.15, 0.2) is 17.1 Å². The number of unbranched alkanes of at least 4 members (excludes halogenated alkanes) is 3. The quantitative estimate of drug-likeness (QED) is 0.203. The third-order valence-corrected chi connectivity index (χ3v) is 5.65. The fourth-order valence-corrected chi connectivity index (χ4v) is 3.63. The molecule has 1 aliphatic rings. The molecule has 36 heavy (non-hydrogen) atoms. The standard InChI is InChI=1S/C24H37N3O9/c1-4-7-10-18(28)33-15-16-21(35-19(29)11-8-5-2)22(36-20(30)12-9-6-3)23(34-16)27-14-13-17(26-32)25-24(27)31/h13-14,16,21-23,32H,4-12,15H2,1-3H3,(H,25,26,31)/t16-,21-,22-,23-/m1/s1. The Morgan fingerprint density at radius 1 is 0.972 bits per heavy atom. The summed E-state index contributed by atoms with van der Waals surface area (Å²) in [6.07, 6.45) is 1.53. The van der Waals surface area contributed by atoms with Crippen LogP contribution in [0.2, 0.25) is 0 Å². The van der Waals surface area contributed by atoms with Gasteiger partial charge in [-0.05, 0) is 25.3 Å². The van der Waals surface area contributed by atoms with Crippen molar-refractivity contribution < 1.29 is 38.5 Å². The van der Waals surface area contributed by atoms with Gasteiger partial charge in [-0.2, -0.15) is 4.98 Å². The third kappa shape index (κ3) is 8.59. The van der Waals surface area contributed by atoms with E-state index in [1.807, 2.05) is 20.8 Å². The van der Waals surface area contributed by atoms with Gasteiger partial charge in [-0.15, -0.1) is 0 Å². The van der Waals surface area contributed by atoms with E-state index in [4.69, 9.17) is 24.2 Å². The minimum atomic E-state index is -1.20. The minimum absolute atomic E-state index is 0.0883. The van der Waals surface area contributed by atoms with Crippen LogP contribution in [0.4, 0.5) is 5.82 Å². The molecule has 2 N–H and O–H groups in total. The van der Waals surface area contributed by atoms with Crippen LogP contribution >= 0.6 is 0 Å². The lowest BCUT2D eigenvalue weighted by molar-refractivity contribution is -0.169.